The molecule has 2 rings (SSSR count). The van der Waals surface area contributed by atoms with Gasteiger partial charge in [-0.3, -0.25) is 0 Å². The zero-order chi connectivity index (χ0) is 14.9. The summed E-state index contributed by atoms with van der Waals surface area (Å²) in [5.41, 5.74) is 0. The first kappa shape index (κ1) is 14.7. The Morgan fingerprint density at radius 1 is 1.20 bits per heavy atom. The average molecular weight is 301 g/mol. The van der Waals surface area contributed by atoms with E-state index >= 15 is 0 Å². The van der Waals surface area contributed by atoms with Gasteiger partial charge in [-0.15, -0.1) is 0 Å². The fourth-order valence-corrected chi connectivity index (χ4v) is 3.02. The lowest BCUT2D eigenvalue weighted by molar-refractivity contribution is 0.440. The first-order valence-electron chi connectivity index (χ1n) is 5.83. The number of hydrogen-bond donors (Lipinski definition) is 1. The number of benzene rings is 1. The van der Waals surface area contributed by atoms with Crippen LogP contribution in [0, 0.1) is 18.6 Å². The van der Waals surface area contributed by atoms with E-state index in [0.29, 0.717) is 17.6 Å². The number of sulfonamides is 1. The van der Waals surface area contributed by atoms with Crippen molar-refractivity contribution in [3.05, 3.63) is 53.5 Å². The Labute approximate surface area is 115 Å². The molecule has 0 amide bonds. The van der Waals surface area contributed by atoms with Crippen molar-refractivity contribution in [3.63, 3.8) is 0 Å². The van der Waals surface area contributed by atoms with E-state index in [1.54, 1.807) is 26.0 Å². The SMILES string of the molecule is Cc1ccc([C@H](C)NS(=O)(=O)c2cc(F)ccc2F)o1. The highest BCUT2D eigenvalue weighted by Gasteiger charge is 2.23. The van der Waals surface area contributed by atoms with Crippen LogP contribution in [0.2, 0.25) is 0 Å². The summed E-state index contributed by atoms with van der Waals surface area (Å²) in [6, 6.07) is 4.86. The van der Waals surface area contributed by atoms with Crippen LogP contribution in [0.4, 0.5) is 8.78 Å². The Morgan fingerprint density at radius 3 is 2.50 bits per heavy atom. The molecular weight excluding hydrogens is 288 g/mol. The maximum absolute atomic E-state index is 13.5. The van der Waals surface area contributed by atoms with Crippen LogP contribution in [0.1, 0.15) is 24.5 Å². The number of furan rings is 1. The van der Waals surface area contributed by atoms with Crippen LogP contribution in [0.15, 0.2) is 39.6 Å². The number of nitrogens with one attached hydrogen (secondary N) is 1. The van der Waals surface area contributed by atoms with E-state index in [2.05, 4.69) is 4.72 Å². The van der Waals surface area contributed by atoms with Crippen molar-refractivity contribution < 1.29 is 21.6 Å². The molecule has 4 nitrogen and oxygen atoms in total. The summed E-state index contributed by atoms with van der Waals surface area (Å²) in [6.07, 6.45) is 0. The van der Waals surface area contributed by atoms with E-state index in [1.807, 2.05) is 0 Å². The molecule has 2 aromatic rings. The minimum absolute atomic E-state index is 0.392. The number of rotatable bonds is 4. The Morgan fingerprint density at radius 2 is 1.90 bits per heavy atom. The molecule has 0 aliphatic heterocycles. The van der Waals surface area contributed by atoms with Gasteiger partial charge in [-0.05, 0) is 44.2 Å². The highest BCUT2D eigenvalue weighted by molar-refractivity contribution is 7.89. The number of hydrogen-bond acceptors (Lipinski definition) is 3. The third-order valence-electron chi connectivity index (χ3n) is 2.70. The van der Waals surface area contributed by atoms with E-state index < -0.39 is 32.6 Å². The molecule has 0 aliphatic rings. The van der Waals surface area contributed by atoms with Gasteiger partial charge in [-0.25, -0.2) is 21.9 Å². The van der Waals surface area contributed by atoms with Crippen molar-refractivity contribution in [2.45, 2.75) is 24.8 Å². The fourth-order valence-electron chi connectivity index (χ4n) is 1.72. The van der Waals surface area contributed by atoms with Crippen molar-refractivity contribution in [1.82, 2.24) is 4.72 Å². The molecule has 0 saturated carbocycles. The second kappa shape index (κ2) is 5.34. The molecule has 1 aromatic carbocycles. The largest absolute Gasteiger partial charge is 0.465 e. The predicted molar refractivity (Wildman–Crippen MR) is 68.5 cm³/mol. The molecule has 7 heteroatoms. The maximum atomic E-state index is 13.5. The van der Waals surface area contributed by atoms with E-state index in [1.165, 1.54) is 0 Å². The van der Waals surface area contributed by atoms with Crippen LogP contribution >= 0.6 is 0 Å². The molecule has 0 bridgehead atoms. The third-order valence-corrected chi connectivity index (χ3v) is 4.26. The zero-order valence-electron chi connectivity index (χ0n) is 10.9. The lowest BCUT2D eigenvalue weighted by Crippen LogP contribution is -2.27. The molecule has 0 unspecified atom stereocenters. The number of halogens is 2. The smallest absolute Gasteiger partial charge is 0.244 e. The summed E-state index contributed by atoms with van der Waals surface area (Å²) in [5.74, 6) is -0.819. The first-order chi connectivity index (χ1) is 9.29. The summed E-state index contributed by atoms with van der Waals surface area (Å²) in [5, 5.41) is 0. The van der Waals surface area contributed by atoms with Gasteiger partial charge in [0.1, 0.15) is 28.1 Å². The molecule has 1 heterocycles. The minimum Gasteiger partial charge on any atom is -0.465 e. The Bertz CT molecular complexity index is 725. The van der Waals surface area contributed by atoms with Gasteiger partial charge in [0.2, 0.25) is 10.0 Å². The van der Waals surface area contributed by atoms with Gasteiger partial charge in [0.15, 0.2) is 0 Å². The lowest BCUT2D eigenvalue weighted by Gasteiger charge is -2.12. The van der Waals surface area contributed by atoms with E-state index in [0.717, 1.165) is 12.1 Å². The molecule has 1 atom stereocenters. The molecule has 20 heavy (non-hydrogen) atoms. The highest BCUT2D eigenvalue weighted by Crippen LogP contribution is 2.21. The predicted octanol–water partition coefficient (Wildman–Crippen LogP) is 2.91. The average Bonchev–Trinajstić information content (AvgIpc) is 2.78. The van der Waals surface area contributed by atoms with Crippen LogP contribution in [-0.2, 0) is 10.0 Å². The van der Waals surface area contributed by atoms with Gasteiger partial charge in [-0.2, -0.15) is 0 Å². The Kier molecular flexibility index (Phi) is 3.92. The van der Waals surface area contributed by atoms with Crippen LogP contribution in [0.5, 0.6) is 0 Å². The van der Waals surface area contributed by atoms with Gasteiger partial charge >= 0.3 is 0 Å². The van der Waals surface area contributed by atoms with E-state index in [9.17, 15) is 17.2 Å². The second-order valence-electron chi connectivity index (χ2n) is 4.37. The topological polar surface area (TPSA) is 59.3 Å². The van der Waals surface area contributed by atoms with Crippen molar-refractivity contribution in [1.29, 1.82) is 0 Å². The van der Waals surface area contributed by atoms with E-state index in [4.69, 9.17) is 4.42 Å². The molecule has 108 valence electrons. The quantitative estimate of drug-likeness (QED) is 0.944. The van der Waals surface area contributed by atoms with Crippen molar-refractivity contribution in [2.24, 2.45) is 0 Å². The van der Waals surface area contributed by atoms with Crippen molar-refractivity contribution in [2.75, 3.05) is 0 Å². The highest BCUT2D eigenvalue weighted by atomic mass is 32.2. The minimum atomic E-state index is -4.18. The van der Waals surface area contributed by atoms with Crippen LogP contribution in [0.3, 0.4) is 0 Å². The zero-order valence-corrected chi connectivity index (χ0v) is 11.7. The molecule has 0 radical (unpaired) electrons. The van der Waals surface area contributed by atoms with Crippen LogP contribution in [0.25, 0.3) is 0 Å². The van der Waals surface area contributed by atoms with Gasteiger partial charge in [0, 0.05) is 0 Å². The van der Waals surface area contributed by atoms with Gasteiger partial charge in [-0.1, -0.05) is 0 Å². The molecule has 0 aliphatic carbocycles. The summed E-state index contributed by atoms with van der Waals surface area (Å²) >= 11 is 0. The van der Waals surface area contributed by atoms with Gasteiger partial charge < -0.3 is 4.42 Å². The second-order valence-corrected chi connectivity index (χ2v) is 6.05. The molecule has 1 aromatic heterocycles. The molecule has 1 N–H and O–H groups in total. The fraction of sp³-hybridized carbons (Fsp3) is 0.231. The summed E-state index contributed by atoms with van der Waals surface area (Å²) in [4.78, 5) is -0.729. The first-order valence-corrected chi connectivity index (χ1v) is 7.31. The van der Waals surface area contributed by atoms with E-state index in [-0.39, 0.29) is 0 Å². The molecule has 0 spiro atoms. The van der Waals surface area contributed by atoms with Crippen molar-refractivity contribution >= 4 is 10.0 Å². The summed E-state index contributed by atoms with van der Waals surface area (Å²) < 4.78 is 58.2. The molecule has 0 saturated heterocycles. The van der Waals surface area contributed by atoms with Gasteiger partial charge in [0.25, 0.3) is 0 Å². The number of aryl methyl sites for hydroxylation is 1. The standard InChI is InChI=1S/C13H13F2NO3S/c1-8-3-6-12(19-8)9(2)16-20(17,18)13-7-10(14)4-5-11(13)15/h3-7,9,16H,1-2H3/t9-/m0/s1. The molecule has 0 fully saturated rings. The maximum Gasteiger partial charge on any atom is 0.244 e. The normalized spacial score (nSPS) is 13.4. The Balaban J connectivity index is 2.29. The van der Waals surface area contributed by atoms with Gasteiger partial charge in [0.05, 0.1) is 6.04 Å². The molecular formula is C13H13F2NO3S. The lowest BCUT2D eigenvalue weighted by atomic mass is 10.3. The summed E-state index contributed by atoms with van der Waals surface area (Å²) in [7, 11) is -4.18. The Hall–Kier alpha value is -1.73. The van der Waals surface area contributed by atoms with Crippen molar-refractivity contribution in [3.8, 4) is 0 Å². The van der Waals surface area contributed by atoms with Crippen LogP contribution in [-0.4, -0.2) is 8.42 Å². The van der Waals surface area contributed by atoms with Crippen LogP contribution < -0.4 is 4.72 Å². The monoisotopic (exact) mass is 301 g/mol. The summed E-state index contributed by atoms with van der Waals surface area (Å²) in [6.45, 7) is 3.27. The third kappa shape index (κ3) is 3.05.